The molecule has 0 aliphatic rings. The number of unbranched alkanes of at least 4 members (excludes halogenated alkanes) is 6. The first kappa shape index (κ1) is 33.9. The summed E-state index contributed by atoms with van der Waals surface area (Å²) in [5, 5.41) is 4.47. The maximum atomic E-state index is 5.23. The van der Waals surface area contributed by atoms with Gasteiger partial charge in [0.15, 0.2) is 9.66 Å². The van der Waals surface area contributed by atoms with Crippen LogP contribution in [0.2, 0.25) is 0 Å². The molecule has 3 aromatic carbocycles. The van der Waals surface area contributed by atoms with Crippen molar-refractivity contribution in [1.82, 2.24) is 9.97 Å². The van der Waals surface area contributed by atoms with Crippen molar-refractivity contribution in [3.05, 3.63) is 114 Å². The topological polar surface area (TPSA) is 29.0 Å². The van der Waals surface area contributed by atoms with Gasteiger partial charge in [-0.15, -0.1) is 22.7 Å². The third-order valence-corrected chi connectivity index (χ3v) is 13.5. The van der Waals surface area contributed by atoms with Crippen LogP contribution < -0.4 is 4.90 Å². The predicted octanol–water partition coefficient (Wildman–Crippen LogP) is 14.6. The highest BCUT2D eigenvalue weighted by Crippen LogP contribution is 2.45. The second-order valence-electron chi connectivity index (χ2n) is 12.6. The molecule has 4 aromatic heterocycles. The van der Waals surface area contributed by atoms with Gasteiger partial charge in [-0.3, -0.25) is 0 Å². The lowest BCUT2D eigenvalue weighted by Gasteiger charge is -2.25. The van der Waals surface area contributed by atoms with Crippen LogP contribution in [0.4, 0.5) is 17.1 Å². The van der Waals surface area contributed by atoms with Gasteiger partial charge in [-0.25, -0.2) is 9.97 Å². The van der Waals surface area contributed by atoms with E-state index in [1.165, 1.54) is 82.7 Å². The third kappa shape index (κ3) is 7.91. The molecule has 7 aromatic rings. The van der Waals surface area contributed by atoms with Crippen LogP contribution in [0.3, 0.4) is 0 Å². The first-order chi connectivity index (χ1) is 24.2. The minimum atomic E-state index is 1.07. The van der Waals surface area contributed by atoms with Crippen LogP contribution in [0, 0.1) is 0 Å². The van der Waals surface area contributed by atoms with E-state index in [0.717, 1.165) is 49.6 Å². The molecule has 7 rings (SSSR count). The molecule has 0 fully saturated rings. The van der Waals surface area contributed by atoms with Crippen molar-refractivity contribution in [2.45, 2.75) is 78.1 Å². The van der Waals surface area contributed by atoms with Crippen molar-refractivity contribution >= 4 is 72.1 Å². The van der Waals surface area contributed by atoms with Gasteiger partial charge in [0.25, 0.3) is 0 Å². The number of hydrogen-bond acceptors (Lipinski definition) is 7. The second kappa shape index (κ2) is 16.4. The Kier molecular flexibility index (Phi) is 11.3. The largest absolute Gasteiger partial charge is 0.311 e. The van der Waals surface area contributed by atoms with Gasteiger partial charge < -0.3 is 4.90 Å². The average Bonchev–Trinajstić information content (AvgIpc) is 3.94. The lowest BCUT2D eigenvalue weighted by Crippen LogP contribution is -2.09. The lowest BCUT2D eigenvalue weighted by molar-refractivity contribution is 0.668. The molecule has 0 spiro atoms. The number of anilines is 3. The Morgan fingerprint density at radius 3 is 1.67 bits per heavy atom. The maximum Gasteiger partial charge on any atom is 0.155 e. The number of thiazole rings is 2. The molecule has 3 nitrogen and oxygen atoms in total. The predicted molar refractivity (Wildman–Crippen MR) is 218 cm³/mol. The number of fused-ring (bicyclic) bond motifs is 1. The molecular weight excluding hydrogens is 675 g/mol. The van der Waals surface area contributed by atoms with E-state index in [1.54, 1.807) is 22.7 Å². The number of rotatable bonds is 16. The van der Waals surface area contributed by atoms with Gasteiger partial charge >= 0.3 is 0 Å². The Bertz CT molecular complexity index is 1980. The van der Waals surface area contributed by atoms with Crippen molar-refractivity contribution in [2.75, 3.05) is 4.90 Å². The van der Waals surface area contributed by atoms with Crippen LogP contribution >= 0.6 is 45.3 Å². The van der Waals surface area contributed by atoms with E-state index >= 15 is 0 Å². The molecule has 0 unspecified atom stereocenters. The standard InChI is InChI=1S/C42H43N3S4/c1-3-5-7-11-17-31-27-28-46-37(31)39-43-41-42(48-39)44-40(49-41)38-32(18-12-8-6-4-2)29-36(47-38)30-23-25-35(26-24-30)45(33-19-13-9-14-20-33)34-21-15-10-16-22-34/h9-10,13-16,19-29H,3-8,11-12,17-18H2,1-2H3. The smallest absolute Gasteiger partial charge is 0.155 e. The fourth-order valence-corrected chi connectivity index (χ4v) is 10.8. The average molecular weight is 718 g/mol. The molecule has 0 bridgehead atoms. The zero-order valence-corrected chi connectivity index (χ0v) is 31.6. The summed E-state index contributed by atoms with van der Waals surface area (Å²) in [6.07, 6.45) is 12.4. The molecule has 0 N–H and O–H groups in total. The van der Waals surface area contributed by atoms with Crippen LogP contribution in [0.25, 0.3) is 39.9 Å². The lowest BCUT2D eigenvalue weighted by atomic mass is 10.1. The molecule has 0 amide bonds. The monoisotopic (exact) mass is 717 g/mol. The van der Waals surface area contributed by atoms with Crippen LogP contribution in [0.15, 0.2) is 102 Å². The fourth-order valence-electron chi connectivity index (χ4n) is 6.35. The molecule has 7 heteroatoms. The van der Waals surface area contributed by atoms with E-state index in [2.05, 4.69) is 121 Å². The van der Waals surface area contributed by atoms with Crippen LogP contribution in [0.5, 0.6) is 0 Å². The Labute approximate surface area is 307 Å². The van der Waals surface area contributed by atoms with E-state index in [9.17, 15) is 0 Å². The first-order valence-electron chi connectivity index (χ1n) is 17.7. The Hall–Kier alpha value is -3.62. The third-order valence-electron chi connectivity index (χ3n) is 8.96. The maximum absolute atomic E-state index is 5.23. The van der Waals surface area contributed by atoms with Crippen molar-refractivity contribution in [3.8, 4) is 30.2 Å². The highest BCUT2D eigenvalue weighted by molar-refractivity contribution is 7.32. The quantitative estimate of drug-likeness (QED) is 0.0932. The fraction of sp³-hybridized carbons (Fsp3) is 0.286. The van der Waals surface area contributed by atoms with Crippen molar-refractivity contribution < 1.29 is 0 Å². The van der Waals surface area contributed by atoms with E-state index < -0.39 is 0 Å². The minimum absolute atomic E-state index is 1.07. The van der Waals surface area contributed by atoms with Gasteiger partial charge in [-0.2, -0.15) is 0 Å². The van der Waals surface area contributed by atoms with Gasteiger partial charge in [0.2, 0.25) is 0 Å². The van der Waals surface area contributed by atoms with Gasteiger partial charge in [-0.1, -0.05) is 124 Å². The highest BCUT2D eigenvalue weighted by atomic mass is 32.1. The second-order valence-corrected chi connectivity index (χ2v) is 16.5. The summed E-state index contributed by atoms with van der Waals surface area (Å²) in [5.74, 6) is 0. The SMILES string of the molecule is CCCCCCc1ccsc1-c1nc2sc(-c3sc(-c4ccc(N(c5ccccc5)c5ccccc5)cc4)cc3CCCCCC)nc2s1. The van der Waals surface area contributed by atoms with Crippen molar-refractivity contribution in [3.63, 3.8) is 0 Å². The van der Waals surface area contributed by atoms with Gasteiger partial charge in [0.05, 0.1) is 9.75 Å². The van der Waals surface area contributed by atoms with Gasteiger partial charge in [0.1, 0.15) is 10.0 Å². The summed E-state index contributed by atoms with van der Waals surface area (Å²) in [4.78, 5) is 18.8. The van der Waals surface area contributed by atoms with E-state index in [4.69, 9.17) is 9.97 Å². The van der Waals surface area contributed by atoms with Crippen LogP contribution in [-0.2, 0) is 12.8 Å². The molecule has 0 aliphatic carbocycles. The number of hydrogen-bond donors (Lipinski definition) is 0. The highest BCUT2D eigenvalue weighted by Gasteiger charge is 2.20. The zero-order chi connectivity index (χ0) is 33.4. The summed E-state index contributed by atoms with van der Waals surface area (Å²) in [5.41, 5.74) is 7.56. The first-order valence-corrected chi connectivity index (χ1v) is 21.0. The van der Waals surface area contributed by atoms with Crippen molar-refractivity contribution in [1.29, 1.82) is 0 Å². The number of benzene rings is 3. The minimum Gasteiger partial charge on any atom is -0.311 e. The molecule has 0 saturated carbocycles. The Morgan fingerprint density at radius 2 is 1.08 bits per heavy atom. The van der Waals surface area contributed by atoms with E-state index in [-0.39, 0.29) is 0 Å². The van der Waals surface area contributed by atoms with Crippen LogP contribution in [-0.4, -0.2) is 9.97 Å². The Morgan fingerprint density at radius 1 is 0.531 bits per heavy atom. The van der Waals surface area contributed by atoms with E-state index in [1.807, 2.05) is 22.7 Å². The molecule has 0 atom stereocenters. The molecule has 0 aliphatic heterocycles. The van der Waals surface area contributed by atoms with Gasteiger partial charge in [-0.05, 0) is 96.3 Å². The molecule has 250 valence electrons. The summed E-state index contributed by atoms with van der Waals surface area (Å²) in [6, 6.07) is 35.0. The number of aryl methyl sites for hydroxylation is 2. The summed E-state index contributed by atoms with van der Waals surface area (Å²) >= 11 is 7.24. The van der Waals surface area contributed by atoms with Crippen molar-refractivity contribution in [2.24, 2.45) is 0 Å². The van der Waals surface area contributed by atoms with Gasteiger partial charge in [0, 0.05) is 21.9 Å². The molecular formula is C42H43N3S4. The normalized spacial score (nSPS) is 11.5. The molecule has 0 radical (unpaired) electrons. The molecule has 4 heterocycles. The number of thiophene rings is 2. The summed E-state index contributed by atoms with van der Waals surface area (Å²) in [7, 11) is 0. The number of aromatic nitrogens is 2. The number of para-hydroxylation sites is 2. The van der Waals surface area contributed by atoms with E-state index in [0.29, 0.717) is 0 Å². The number of nitrogens with zero attached hydrogens (tertiary/aromatic N) is 3. The molecule has 49 heavy (non-hydrogen) atoms. The van der Waals surface area contributed by atoms with Crippen LogP contribution in [0.1, 0.15) is 76.3 Å². The zero-order valence-electron chi connectivity index (χ0n) is 28.4. The summed E-state index contributed by atoms with van der Waals surface area (Å²) < 4.78 is 0. The summed E-state index contributed by atoms with van der Waals surface area (Å²) in [6.45, 7) is 4.56. The molecule has 0 saturated heterocycles. The Balaban J connectivity index is 1.17.